The van der Waals surface area contributed by atoms with E-state index in [0.717, 1.165) is 18.6 Å². The van der Waals surface area contributed by atoms with Crippen LogP contribution in [0.3, 0.4) is 0 Å². The van der Waals surface area contributed by atoms with E-state index in [1.807, 2.05) is 6.92 Å². The Kier molecular flexibility index (Phi) is 5.49. The largest absolute Gasteiger partial charge is 0.369 e. The Morgan fingerprint density at radius 3 is 2.50 bits per heavy atom. The zero-order valence-corrected chi connectivity index (χ0v) is 7.41. The first-order chi connectivity index (χ1) is 4.72. The summed E-state index contributed by atoms with van der Waals surface area (Å²) in [5.74, 6) is 0.850. The van der Waals surface area contributed by atoms with Crippen molar-refractivity contribution in [3.8, 4) is 0 Å². The van der Waals surface area contributed by atoms with E-state index in [9.17, 15) is 4.79 Å². The van der Waals surface area contributed by atoms with Gasteiger partial charge in [0.2, 0.25) is 5.91 Å². The molecule has 0 aromatic carbocycles. The Morgan fingerprint density at radius 2 is 2.20 bits per heavy atom. The van der Waals surface area contributed by atoms with Crippen LogP contribution in [0.1, 0.15) is 26.7 Å². The highest BCUT2D eigenvalue weighted by Crippen LogP contribution is 2.14. The van der Waals surface area contributed by atoms with Gasteiger partial charge in [0.1, 0.15) is 0 Å². The highest BCUT2D eigenvalue weighted by molar-refractivity contribution is 8.00. The Morgan fingerprint density at radius 1 is 1.60 bits per heavy atom. The number of carbonyl (C=O) groups excluding carboxylic acids is 1. The van der Waals surface area contributed by atoms with Gasteiger partial charge in [-0.25, -0.2) is 0 Å². The lowest BCUT2D eigenvalue weighted by Crippen LogP contribution is -2.25. The molecule has 60 valence electrons. The number of thioether (sulfide) groups is 1. The molecule has 3 heteroatoms. The molecule has 0 saturated carbocycles. The predicted molar refractivity (Wildman–Crippen MR) is 46.0 cm³/mol. The second-order valence-corrected chi connectivity index (χ2v) is 3.48. The summed E-state index contributed by atoms with van der Waals surface area (Å²) in [6.45, 7) is 4.08. The fourth-order valence-corrected chi connectivity index (χ4v) is 1.58. The Labute approximate surface area is 66.6 Å². The first kappa shape index (κ1) is 9.82. The van der Waals surface area contributed by atoms with Crippen LogP contribution in [0.25, 0.3) is 0 Å². The molecule has 1 atom stereocenters. The number of carbonyl (C=O) groups is 1. The van der Waals surface area contributed by atoms with Gasteiger partial charge in [-0.3, -0.25) is 4.79 Å². The maximum absolute atomic E-state index is 10.6. The molecule has 0 bridgehead atoms. The van der Waals surface area contributed by atoms with Crippen molar-refractivity contribution in [1.29, 1.82) is 0 Å². The summed E-state index contributed by atoms with van der Waals surface area (Å²) in [4.78, 5) is 10.6. The summed E-state index contributed by atoms with van der Waals surface area (Å²) >= 11 is 1.66. The van der Waals surface area contributed by atoms with E-state index in [4.69, 9.17) is 5.73 Å². The summed E-state index contributed by atoms with van der Waals surface area (Å²) in [5.41, 5.74) is 5.13. The molecule has 0 rings (SSSR count). The summed E-state index contributed by atoms with van der Waals surface area (Å²) in [7, 11) is 0. The van der Waals surface area contributed by atoms with Crippen LogP contribution >= 0.6 is 11.8 Å². The van der Waals surface area contributed by atoms with Gasteiger partial charge in [-0.05, 0) is 18.6 Å². The van der Waals surface area contributed by atoms with Crippen molar-refractivity contribution in [2.45, 2.75) is 31.9 Å². The molecule has 0 aliphatic rings. The van der Waals surface area contributed by atoms with Crippen LogP contribution in [-0.4, -0.2) is 16.9 Å². The maximum atomic E-state index is 10.6. The van der Waals surface area contributed by atoms with Crippen LogP contribution in [0.4, 0.5) is 0 Å². The lowest BCUT2D eigenvalue weighted by Gasteiger charge is -2.07. The molecule has 1 unspecified atom stereocenters. The predicted octanol–water partition coefficient (Wildman–Crippen LogP) is 1.39. The van der Waals surface area contributed by atoms with Gasteiger partial charge in [0.25, 0.3) is 0 Å². The van der Waals surface area contributed by atoms with Crippen LogP contribution in [0.2, 0.25) is 0 Å². The number of rotatable bonds is 5. The third-order valence-corrected chi connectivity index (χ3v) is 2.82. The summed E-state index contributed by atoms with van der Waals surface area (Å²) in [6, 6.07) is 0. The van der Waals surface area contributed by atoms with Gasteiger partial charge in [0.05, 0.1) is 5.25 Å². The van der Waals surface area contributed by atoms with E-state index in [1.165, 1.54) is 0 Å². The second kappa shape index (κ2) is 5.59. The number of hydrogen-bond acceptors (Lipinski definition) is 2. The fraction of sp³-hybridized carbons (Fsp3) is 0.857. The minimum absolute atomic E-state index is 0.0277. The molecule has 10 heavy (non-hydrogen) atoms. The van der Waals surface area contributed by atoms with Gasteiger partial charge in [-0.1, -0.05) is 13.8 Å². The highest BCUT2D eigenvalue weighted by Gasteiger charge is 2.11. The monoisotopic (exact) mass is 161 g/mol. The van der Waals surface area contributed by atoms with Gasteiger partial charge in [-0.2, -0.15) is 0 Å². The molecule has 2 N–H and O–H groups in total. The SMILES string of the molecule is CCCSC(CC)C(N)=O. The van der Waals surface area contributed by atoms with Crippen molar-refractivity contribution >= 4 is 17.7 Å². The third-order valence-electron chi connectivity index (χ3n) is 1.21. The van der Waals surface area contributed by atoms with Crippen molar-refractivity contribution in [2.75, 3.05) is 5.75 Å². The van der Waals surface area contributed by atoms with Gasteiger partial charge in [0.15, 0.2) is 0 Å². The lowest BCUT2D eigenvalue weighted by atomic mass is 10.3. The standard InChI is InChI=1S/C7H15NOS/c1-3-5-10-6(4-2)7(8)9/h6H,3-5H2,1-2H3,(H2,8,9). The molecule has 0 aromatic rings. The Balaban J connectivity index is 3.50. The average Bonchev–Trinajstić information content (AvgIpc) is 1.89. The number of amides is 1. The fourth-order valence-electron chi connectivity index (χ4n) is 0.661. The molecule has 0 fully saturated rings. The van der Waals surface area contributed by atoms with Crippen LogP contribution in [0.15, 0.2) is 0 Å². The zero-order chi connectivity index (χ0) is 7.98. The molecule has 2 nitrogen and oxygen atoms in total. The number of primary amides is 1. The van der Waals surface area contributed by atoms with Crippen molar-refractivity contribution in [3.05, 3.63) is 0 Å². The van der Waals surface area contributed by atoms with Crippen LogP contribution in [-0.2, 0) is 4.79 Å². The maximum Gasteiger partial charge on any atom is 0.230 e. The van der Waals surface area contributed by atoms with Crippen molar-refractivity contribution in [3.63, 3.8) is 0 Å². The summed E-state index contributed by atoms with van der Waals surface area (Å²) in [6.07, 6.45) is 1.95. The normalized spacial score (nSPS) is 13.0. The molecule has 0 spiro atoms. The third kappa shape index (κ3) is 3.77. The van der Waals surface area contributed by atoms with Crippen molar-refractivity contribution in [2.24, 2.45) is 5.73 Å². The molecular weight excluding hydrogens is 146 g/mol. The average molecular weight is 161 g/mol. The highest BCUT2D eigenvalue weighted by atomic mass is 32.2. The minimum atomic E-state index is -0.180. The van der Waals surface area contributed by atoms with E-state index >= 15 is 0 Å². The first-order valence-electron chi connectivity index (χ1n) is 3.63. The Bertz CT molecular complexity index is 106. The van der Waals surface area contributed by atoms with Gasteiger partial charge >= 0.3 is 0 Å². The molecule has 1 amide bonds. The molecule has 0 heterocycles. The van der Waals surface area contributed by atoms with Gasteiger partial charge in [0, 0.05) is 0 Å². The topological polar surface area (TPSA) is 43.1 Å². The van der Waals surface area contributed by atoms with Crippen molar-refractivity contribution in [1.82, 2.24) is 0 Å². The molecule has 0 aliphatic carbocycles. The van der Waals surface area contributed by atoms with Gasteiger partial charge < -0.3 is 5.73 Å². The molecular formula is C7H15NOS. The van der Waals surface area contributed by atoms with E-state index in [-0.39, 0.29) is 11.2 Å². The molecule has 0 aliphatic heterocycles. The molecule has 0 radical (unpaired) electrons. The second-order valence-electron chi connectivity index (χ2n) is 2.17. The summed E-state index contributed by atoms with van der Waals surface area (Å²) < 4.78 is 0. The zero-order valence-electron chi connectivity index (χ0n) is 6.59. The quantitative estimate of drug-likeness (QED) is 0.662. The van der Waals surface area contributed by atoms with Gasteiger partial charge in [-0.15, -0.1) is 11.8 Å². The number of nitrogens with two attached hydrogens (primary N) is 1. The van der Waals surface area contributed by atoms with Crippen LogP contribution in [0.5, 0.6) is 0 Å². The van der Waals surface area contributed by atoms with E-state index < -0.39 is 0 Å². The van der Waals surface area contributed by atoms with E-state index in [1.54, 1.807) is 11.8 Å². The van der Waals surface area contributed by atoms with Crippen LogP contribution in [0, 0.1) is 0 Å². The molecule has 0 aromatic heterocycles. The first-order valence-corrected chi connectivity index (χ1v) is 4.68. The van der Waals surface area contributed by atoms with E-state index in [0.29, 0.717) is 0 Å². The number of hydrogen-bond donors (Lipinski definition) is 1. The van der Waals surface area contributed by atoms with Crippen LogP contribution < -0.4 is 5.73 Å². The lowest BCUT2D eigenvalue weighted by molar-refractivity contribution is -0.117. The molecule has 0 saturated heterocycles. The van der Waals surface area contributed by atoms with Crippen molar-refractivity contribution < 1.29 is 4.79 Å². The Hall–Kier alpha value is -0.180. The summed E-state index contributed by atoms with van der Waals surface area (Å²) in [5, 5.41) is 0.0277. The van der Waals surface area contributed by atoms with E-state index in [2.05, 4.69) is 6.92 Å². The minimum Gasteiger partial charge on any atom is -0.369 e. The smallest absolute Gasteiger partial charge is 0.230 e.